The van der Waals surface area contributed by atoms with Crippen LogP contribution in [0.15, 0.2) is 60.7 Å². The van der Waals surface area contributed by atoms with E-state index in [2.05, 4.69) is 35.8 Å². The van der Waals surface area contributed by atoms with Crippen LogP contribution in [0.3, 0.4) is 0 Å². The van der Waals surface area contributed by atoms with E-state index in [0.29, 0.717) is 6.04 Å². The number of hydrogen-bond donors (Lipinski definition) is 0. The molecule has 6 heteroatoms. The van der Waals surface area contributed by atoms with Crippen LogP contribution in [0.4, 0.5) is 0 Å². The summed E-state index contributed by atoms with van der Waals surface area (Å²) in [5.74, 6) is 0. The fourth-order valence-corrected chi connectivity index (χ4v) is 3.72. The second-order valence-electron chi connectivity index (χ2n) is 6.30. The zero-order valence-electron chi connectivity index (χ0n) is 17.7. The highest BCUT2D eigenvalue weighted by Gasteiger charge is 2.51. The minimum atomic E-state index is -4.94. The highest BCUT2D eigenvalue weighted by Crippen LogP contribution is 2.43. The minimum Gasteiger partial charge on any atom is -0.236 e. The number of benzene rings is 2. The van der Waals surface area contributed by atoms with E-state index in [-0.39, 0.29) is 11.8 Å². The van der Waals surface area contributed by atoms with Crippen molar-refractivity contribution in [2.45, 2.75) is 38.1 Å². The van der Waals surface area contributed by atoms with Crippen molar-refractivity contribution >= 4 is 5.71 Å². The van der Waals surface area contributed by atoms with Crippen molar-refractivity contribution in [3.05, 3.63) is 71.8 Å². The lowest BCUT2D eigenvalue weighted by molar-refractivity contribution is -2.00. The summed E-state index contributed by atoms with van der Waals surface area (Å²) in [7, 11) is -2.92. The summed E-state index contributed by atoms with van der Waals surface area (Å²) < 4.78 is 59.7. The van der Waals surface area contributed by atoms with Crippen LogP contribution >= 0.6 is 0 Å². The maximum absolute atomic E-state index is 8.49. The number of rotatable bonds is 3. The molecule has 26 heavy (non-hydrogen) atoms. The smallest absolute Gasteiger partial charge is 0.167 e. The van der Waals surface area contributed by atoms with Crippen LogP contribution in [0, 0.1) is 10.2 Å². The quantitative estimate of drug-likeness (QED) is 0.671. The summed E-state index contributed by atoms with van der Waals surface area (Å²) in [5.41, 5.74) is 2.97. The van der Waals surface area contributed by atoms with Gasteiger partial charge in [0.05, 0.1) is 0 Å². The number of nitrogens with zero attached hydrogens (tertiary/aromatic N) is 1. The maximum atomic E-state index is 8.49. The first-order valence-electron chi connectivity index (χ1n) is 9.66. The van der Waals surface area contributed by atoms with Crippen molar-refractivity contribution in [2.75, 3.05) is 7.05 Å². The molecule has 0 bridgehead atoms. The van der Waals surface area contributed by atoms with Gasteiger partial charge in [0.2, 0.25) is 0 Å². The molecule has 140 valence electrons. The van der Waals surface area contributed by atoms with Gasteiger partial charge in [-0.3, -0.25) is 0 Å². The van der Waals surface area contributed by atoms with Crippen LogP contribution < -0.4 is 18.6 Å². The maximum Gasteiger partial charge on any atom is 0.167 e. The van der Waals surface area contributed by atoms with E-state index in [0.717, 1.165) is 12.1 Å². The van der Waals surface area contributed by atoms with Gasteiger partial charge in [-0.15, -0.1) is 10.2 Å². The second kappa shape index (κ2) is 8.29. The molecule has 1 aliphatic heterocycles. The average Bonchev–Trinajstić information content (AvgIpc) is 2.86. The molecule has 3 rings (SSSR count). The Bertz CT molecular complexity index is 791. The van der Waals surface area contributed by atoms with Crippen molar-refractivity contribution in [2.24, 2.45) is 0 Å². The molecular weight excluding hydrogens is 354 g/mol. The molecule has 0 radical (unpaired) electrons. The van der Waals surface area contributed by atoms with Crippen LogP contribution in [0.2, 0.25) is 0 Å². The summed E-state index contributed by atoms with van der Waals surface area (Å²) in [6.45, 7) is 0.190. The molecule has 0 fully saturated rings. The van der Waals surface area contributed by atoms with Gasteiger partial charge in [0.1, 0.15) is 12.5 Å². The third-order valence-electron chi connectivity index (χ3n) is 4.88. The minimum absolute atomic E-state index is 0.109. The SMILES string of the molecule is [2H]C([2H])([2H])CC1=[N+](C)C(C)CC1(c1ccccc1)c1ccccc1.[O-][Cl+3]([O-])([O-])[O-]. The van der Waals surface area contributed by atoms with Crippen molar-refractivity contribution in [3.63, 3.8) is 0 Å². The van der Waals surface area contributed by atoms with Gasteiger partial charge in [-0.05, 0) is 18.1 Å². The van der Waals surface area contributed by atoms with E-state index in [1.165, 1.54) is 11.1 Å². The molecule has 0 aliphatic carbocycles. The lowest BCUT2D eigenvalue weighted by Crippen LogP contribution is -2.68. The third kappa shape index (κ3) is 4.50. The molecule has 0 N–H and O–H groups in total. The highest BCUT2D eigenvalue weighted by atomic mass is 35.7. The highest BCUT2D eigenvalue weighted by molar-refractivity contribution is 5.95. The molecule has 1 heterocycles. The molecule has 1 unspecified atom stereocenters. The van der Waals surface area contributed by atoms with Crippen LogP contribution in [0.25, 0.3) is 0 Å². The Kier molecular flexibility index (Phi) is 5.23. The first-order valence-corrected chi connectivity index (χ1v) is 9.40. The van der Waals surface area contributed by atoms with Crippen molar-refractivity contribution in [1.29, 1.82) is 0 Å². The Morgan fingerprint density at radius 2 is 1.42 bits per heavy atom. The van der Waals surface area contributed by atoms with E-state index in [1.807, 2.05) is 43.4 Å². The Morgan fingerprint density at radius 1 is 1.00 bits per heavy atom. The van der Waals surface area contributed by atoms with Crippen LogP contribution in [-0.2, 0) is 5.41 Å². The van der Waals surface area contributed by atoms with E-state index in [4.69, 9.17) is 22.7 Å². The molecule has 1 atom stereocenters. The molecule has 0 spiro atoms. The van der Waals surface area contributed by atoms with Gasteiger partial charge in [0, 0.05) is 17.0 Å². The lowest BCUT2D eigenvalue weighted by Gasteiger charge is -2.29. The van der Waals surface area contributed by atoms with Gasteiger partial charge < -0.3 is 0 Å². The Balaban J connectivity index is 0.000000537. The van der Waals surface area contributed by atoms with Gasteiger partial charge >= 0.3 is 0 Å². The van der Waals surface area contributed by atoms with E-state index >= 15 is 0 Å². The van der Waals surface area contributed by atoms with Crippen molar-refractivity contribution < 1.29 is 37.6 Å². The average molecular weight is 381 g/mol. The molecular formula is C20H24ClNO4. The number of halogens is 1. The molecule has 0 amide bonds. The first-order chi connectivity index (χ1) is 13.3. The van der Waals surface area contributed by atoms with Crippen LogP contribution in [0.1, 0.15) is 41.9 Å². The Hall–Kier alpha value is -1.76. The predicted molar refractivity (Wildman–Crippen MR) is 89.2 cm³/mol. The summed E-state index contributed by atoms with van der Waals surface area (Å²) in [6.07, 6.45) is 1.00. The summed E-state index contributed by atoms with van der Waals surface area (Å²) in [4.78, 5) is 0. The normalized spacial score (nSPS) is 21.3. The van der Waals surface area contributed by atoms with Crippen LogP contribution in [-0.4, -0.2) is 23.4 Å². The van der Waals surface area contributed by atoms with Crippen molar-refractivity contribution in [1.82, 2.24) is 0 Å². The van der Waals surface area contributed by atoms with Gasteiger partial charge in [-0.25, -0.2) is 23.2 Å². The van der Waals surface area contributed by atoms with Gasteiger partial charge in [0.15, 0.2) is 11.8 Å². The predicted octanol–water partition coefficient (Wildman–Crippen LogP) is -0.498. The zero-order chi connectivity index (χ0) is 21.9. The molecule has 2 aromatic rings. The largest absolute Gasteiger partial charge is 0.236 e. The fourth-order valence-electron chi connectivity index (χ4n) is 3.72. The summed E-state index contributed by atoms with van der Waals surface area (Å²) in [6, 6.07) is 21.0. The van der Waals surface area contributed by atoms with E-state index in [9.17, 15) is 0 Å². The Morgan fingerprint density at radius 3 is 1.81 bits per heavy atom. The second-order valence-corrected chi connectivity index (χ2v) is 7.06. The first kappa shape index (κ1) is 16.4. The van der Waals surface area contributed by atoms with Gasteiger partial charge in [0.25, 0.3) is 0 Å². The molecule has 0 saturated carbocycles. The van der Waals surface area contributed by atoms with Gasteiger partial charge in [-0.2, -0.15) is 0 Å². The lowest BCUT2D eigenvalue weighted by atomic mass is 9.68. The summed E-state index contributed by atoms with van der Waals surface area (Å²) >= 11 is 0. The van der Waals surface area contributed by atoms with E-state index in [1.54, 1.807) is 0 Å². The summed E-state index contributed by atoms with van der Waals surface area (Å²) in [5, 5.41) is 0. The van der Waals surface area contributed by atoms with Crippen molar-refractivity contribution in [3.8, 4) is 0 Å². The number of hydrogen-bond acceptors (Lipinski definition) is 4. The molecule has 5 nitrogen and oxygen atoms in total. The molecule has 0 aromatic heterocycles. The molecule has 2 aromatic carbocycles. The third-order valence-corrected chi connectivity index (χ3v) is 4.88. The molecule has 1 aliphatic rings. The monoisotopic (exact) mass is 380 g/mol. The molecule has 0 saturated heterocycles. The Labute approximate surface area is 160 Å². The van der Waals surface area contributed by atoms with Crippen LogP contribution in [0.5, 0.6) is 0 Å². The van der Waals surface area contributed by atoms with Gasteiger partial charge in [-0.1, -0.05) is 67.5 Å². The fraction of sp³-hybridized carbons (Fsp3) is 0.350. The van der Waals surface area contributed by atoms with E-state index < -0.39 is 17.1 Å². The topological polar surface area (TPSA) is 95.2 Å². The zero-order valence-corrected chi connectivity index (χ0v) is 15.5. The standard InChI is InChI=1S/C20H24N.ClHO4/c1-4-19-20(15-16(2)21(19)3,17-11-7-5-8-12-17)18-13-9-6-10-14-18;2-1(3,4)5/h5-14,16H,4,15H2,1-3H3;(H,2,3,4,5)/q+1;/p-1/i1D3;.